The van der Waals surface area contributed by atoms with Crippen LogP contribution in [0.5, 0.6) is 11.5 Å². The lowest BCUT2D eigenvalue weighted by atomic mass is 10.0. The molecule has 0 bridgehead atoms. The van der Waals surface area contributed by atoms with Crippen LogP contribution >= 0.6 is 0 Å². The molecule has 1 rings (SSSR count). The fourth-order valence-corrected chi connectivity index (χ4v) is 1.67. The van der Waals surface area contributed by atoms with Crippen LogP contribution in [0.25, 0.3) is 0 Å². The van der Waals surface area contributed by atoms with Gasteiger partial charge in [0.25, 0.3) is 0 Å². The van der Waals surface area contributed by atoms with Crippen molar-refractivity contribution < 1.29 is 9.47 Å². The molecule has 0 N–H and O–H groups in total. The first-order valence-electron chi connectivity index (χ1n) is 7.54. The molecule has 0 amide bonds. The van der Waals surface area contributed by atoms with Crippen LogP contribution < -0.4 is 9.47 Å². The third-order valence-corrected chi connectivity index (χ3v) is 3.80. The maximum atomic E-state index is 6.23. The maximum absolute atomic E-state index is 6.23. The second-order valence-corrected chi connectivity index (χ2v) is 6.43. The maximum Gasteiger partial charge on any atom is 0.165 e. The van der Waals surface area contributed by atoms with Crippen molar-refractivity contribution >= 4 is 0 Å². The summed E-state index contributed by atoms with van der Waals surface area (Å²) < 4.78 is 12.4. The zero-order valence-electron chi connectivity index (χ0n) is 13.9. The molecule has 1 aromatic rings. The third kappa shape index (κ3) is 4.43. The van der Waals surface area contributed by atoms with E-state index in [1.165, 1.54) is 0 Å². The number of ether oxygens (including phenoxy) is 2. The van der Waals surface area contributed by atoms with Crippen molar-refractivity contribution in [2.24, 2.45) is 0 Å². The van der Waals surface area contributed by atoms with E-state index in [4.69, 9.17) is 9.47 Å². The lowest BCUT2D eigenvalue weighted by molar-refractivity contribution is 0.0720. The molecule has 0 heterocycles. The minimum Gasteiger partial charge on any atom is -0.484 e. The van der Waals surface area contributed by atoms with Crippen LogP contribution in [0.4, 0.5) is 0 Å². The Morgan fingerprint density at radius 2 is 1.50 bits per heavy atom. The van der Waals surface area contributed by atoms with E-state index in [0.29, 0.717) is 6.42 Å². The molecule has 0 saturated heterocycles. The average molecular weight is 277 g/mol. The van der Waals surface area contributed by atoms with Crippen molar-refractivity contribution in [1.29, 1.82) is 0 Å². The topological polar surface area (TPSA) is 18.5 Å². The molecule has 0 fully saturated rings. The van der Waals surface area contributed by atoms with Crippen molar-refractivity contribution in [2.45, 2.75) is 72.0 Å². The second-order valence-electron chi connectivity index (χ2n) is 6.43. The van der Waals surface area contributed by atoms with E-state index in [9.17, 15) is 0 Å². The van der Waals surface area contributed by atoms with Gasteiger partial charge in [-0.2, -0.15) is 0 Å². The molecule has 113 valence electrons. The summed E-state index contributed by atoms with van der Waals surface area (Å²) in [6.45, 7) is 16.6. The number of hydrogen-bond acceptors (Lipinski definition) is 2. The highest BCUT2D eigenvalue weighted by molar-refractivity contribution is 5.47. The van der Waals surface area contributed by atoms with Gasteiger partial charge in [-0.1, -0.05) is 26.0 Å². The Bertz CT molecular complexity index is 433. The molecule has 0 aliphatic rings. The van der Waals surface area contributed by atoms with Gasteiger partial charge in [-0.25, -0.2) is 0 Å². The highest BCUT2D eigenvalue weighted by atomic mass is 16.5. The van der Waals surface area contributed by atoms with E-state index in [1.54, 1.807) is 0 Å². The van der Waals surface area contributed by atoms with Crippen molar-refractivity contribution in [2.75, 3.05) is 0 Å². The fourth-order valence-electron chi connectivity index (χ4n) is 1.67. The predicted molar refractivity (Wildman–Crippen MR) is 85.5 cm³/mol. The zero-order chi connectivity index (χ0) is 15.4. The first kappa shape index (κ1) is 16.9. The van der Waals surface area contributed by atoms with Crippen molar-refractivity contribution in [1.82, 2.24) is 0 Å². The molecule has 0 atom stereocenters. The zero-order valence-corrected chi connectivity index (χ0v) is 13.9. The molecule has 1 aromatic carbocycles. The van der Waals surface area contributed by atoms with Crippen molar-refractivity contribution in [3.8, 4) is 11.5 Å². The highest BCUT2D eigenvalue weighted by Gasteiger charge is 2.24. The first-order chi connectivity index (χ1) is 9.24. The van der Waals surface area contributed by atoms with E-state index >= 15 is 0 Å². The molecule has 0 spiro atoms. The molecule has 1 radical (unpaired) electrons. The molecular weight excluding hydrogens is 248 g/mol. The van der Waals surface area contributed by atoms with Gasteiger partial charge >= 0.3 is 0 Å². The molecule has 20 heavy (non-hydrogen) atoms. The molecule has 0 aromatic heterocycles. The van der Waals surface area contributed by atoms with Crippen LogP contribution in [0.3, 0.4) is 0 Å². The Morgan fingerprint density at radius 3 is 2.00 bits per heavy atom. The number of hydrogen-bond donors (Lipinski definition) is 0. The third-order valence-electron chi connectivity index (χ3n) is 3.80. The Morgan fingerprint density at radius 1 is 0.950 bits per heavy atom. The van der Waals surface area contributed by atoms with Gasteiger partial charge in [0.15, 0.2) is 11.5 Å². The number of rotatable bonds is 7. The highest BCUT2D eigenvalue weighted by Crippen LogP contribution is 2.37. The van der Waals surface area contributed by atoms with Crippen LogP contribution in [-0.4, -0.2) is 11.2 Å². The van der Waals surface area contributed by atoms with Crippen LogP contribution in [0, 0.1) is 6.92 Å². The van der Waals surface area contributed by atoms with Gasteiger partial charge in [-0.15, -0.1) is 0 Å². The van der Waals surface area contributed by atoms with Crippen LogP contribution in [0.15, 0.2) is 18.2 Å². The van der Waals surface area contributed by atoms with Crippen LogP contribution in [-0.2, 0) is 6.42 Å². The Labute approximate surface area is 124 Å². The van der Waals surface area contributed by atoms with Gasteiger partial charge < -0.3 is 9.47 Å². The largest absolute Gasteiger partial charge is 0.484 e. The summed E-state index contributed by atoms with van der Waals surface area (Å²) in [5, 5.41) is 0. The molecule has 0 unspecified atom stereocenters. The van der Waals surface area contributed by atoms with Gasteiger partial charge in [-0.05, 0) is 65.5 Å². The van der Waals surface area contributed by atoms with Gasteiger partial charge in [-0.3, -0.25) is 0 Å². The first-order valence-corrected chi connectivity index (χ1v) is 7.54. The summed E-state index contributed by atoms with van der Waals surface area (Å²) in [5.41, 5.74) is 0.685. The normalized spacial score (nSPS) is 12.3. The summed E-state index contributed by atoms with van der Waals surface area (Å²) in [6.07, 6.45) is 2.58. The van der Waals surface area contributed by atoms with Crippen LogP contribution in [0.1, 0.15) is 59.9 Å². The molecule has 2 nitrogen and oxygen atoms in total. The molecular formula is C18H29O2. The summed E-state index contributed by atoms with van der Waals surface area (Å²) in [6, 6.07) is 6.05. The summed E-state index contributed by atoms with van der Waals surface area (Å²) in [5.74, 6) is 1.66. The minimum atomic E-state index is -0.209. The summed E-state index contributed by atoms with van der Waals surface area (Å²) >= 11 is 0. The van der Waals surface area contributed by atoms with Crippen molar-refractivity contribution in [3.63, 3.8) is 0 Å². The number of benzene rings is 1. The number of para-hydroxylation sites is 1. The summed E-state index contributed by atoms with van der Waals surface area (Å²) in [4.78, 5) is 0. The van der Waals surface area contributed by atoms with Gasteiger partial charge in [0.2, 0.25) is 0 Å². The van der Waals surface area contributed by atoms with E-state index in [1.807, 2.05) is 12.1 Å². The fraction of sp³-hybridized carbons (Fsp3) is 0.611. The lowest BCUT2D eigenvalue weighted by Crippen LogP contribution is -2.30. The molecule has 2 heteroatoms. The Balaban J connectivity index is 3.17. The Hall–Kier alpha value is -1.18. The van der Waals surface area contributed by atoms with Gasteiger partial charge in [0.05, 0.1) is 0 Å². The second kappa shape index (κ2) is 6.51. The van der Waals surface area contributed by atoms with Crippen LogP contribution in [0.2, 0.25) is 0 Å². The van der Waals surface area contributed by atoms with E-state index in [0.717, 1.165) is 29.9 Å². The SMILES string of the molecule is [CH2]Cc1cccc(OC(C)(C)CC)c1OC(C)(C)CC. The van der Waals surface area contributed by atoms with E-state index < -0.39 is 0 Å². The molecule has 0 saturated carbocycles. The standard InChI is InChI=1S/C18H29O2/c1-8-14-12-11-13-15(19-17(4,5)9-2)16(14)20-18(6,7)10-3/h11-13H,1,8-10H2,2-7H3. The quantitative estimate of drug-likeness (QED) is 0.682. The monoisotopic (exact) mass is 277 g/mol. The molecule has 0 aliphatic heterocycles. The van der Waals surface area contributed by atoms with Gasteiger partial charge in [0, 0.05) is 0 Å². The molecule has 0 aliphatic carbocycles. The van der Waals surface area contributed by atoms with Gasteiger partial charge in [0.1, 0.15) is 11.2 Å². The smallest absolute Gasteiger partial charge is 0.165 e. The predicted octanol–water partition coefficient (Wildman–Crippen LogP) is 5.20. The Kier molecular flexibility index (Phi) is 5.50. The average Bonchev–Trinajstić information content (AvgIpc) is 2.40. The van der Waals surface area contributed by atoms with E-state index in [2.05, 4.69) is 54.5 Å². The minimum absolute atomic E-state index is 0.200. The summed E-state index contributed by atoms with van der Waals surface area (Å²) in [7, 11) is 0. The lowest BCUT2D eigenvalue weighted by Gasteiger charge is -2.31. The van der Waals surface area contributed by atoms with E-state index in [-0.39, 0.29) is 11.2 Å². The van der Waals surface area contributed by atoms with Crippen molar-refractivity contribution in [3.05, 3.63) is 30.7 Å².